The lowest BCUT2D eigenvalue weighted by molar-refractivity contribution is -0.126. The van der Waals surface area contributed by atoms with Crippen molar-refractivity contribution in [3.8, 4) is 6.07 Å². The van der Waals surface area contributed by atoms with Crippen LogP contribution < -0.4 is 15.8 Å². The highest BCUT2D eigenvalue weighted by Gasteiger charge is 2.27. The van der Waals surface area contributed by atoms with Crippen LogP contribution in [0.5, 0.6) is 0 Å². The van der Waals surface area contributed by atoms with Gasteiger partial charge in [-0.15, -0.1) is 0 Å². The van der Waals surface area contributed by atoms with Crippen molar-refractivity contribution in [2.24, 2.45) is 11.3 Å². The quantitative estimate of drug-likeness (QED) is 0.487. The Kier molecular flexibility index (Phi) is 8.37. The summed E-state index contributed by atoms with van der Waals surface area (Å²) >= 11 is 0. The Morgan fingerprint density at radius 2 is 2.03 bits per heavy atom. The second kappa shape index (κ2) is 10.7. The van der Waals surface area contributed by atoms with Crippen LogP contribution in [0.3, 0.4) is 0 Å². The Labute approximate surface area is 173 Å². The van der Waals surface area contributed by atoms with Gasteiger partial charge >= 0.3 is 0 Å². The Hall–Kier alpha value is -2.69. The van der Waals surface area contributed by atoms with Crippen molar-refractivity contribution in [1.82, 2.24) is 20.7 Å². The highest BCUT2D eigenvalue weighted by atomic mass is 16.2. The Balaban J connectivity index is 2.09. The standard InChI is InChI=1S/C21H32N6O2/c1-16(28)23-12-7-11-21(2,3)15-27(19-10-13-24-18(14-22)25-19)26-20(29)17-8-5-4-6-9-17/h10,13,17H,4-9,11-12,15H2,1-3H3,(H,23,28)(H,26,29). The number of hydrazine groups is 1. The van der Waals surface area contributed by atoms with E-state index in [1.807, 2.05) is 6.07 Å². The van der Waals surface area contributed by atoms with Crippen LogP contribution in [0, 0.1) is 22.7 Å². The number of anilines is 1. The van der Waals surface area contributed by atoms with Crippen molar-refractivity contribution < 1.29 is 9.59 Å². The van der Waals surface area contributed by atoms with Gasteiger partial charge in [-0.05, 0) is 31.1 Å². The van der Waals surface area contributed by atoms with Gasteiger partial charge in [0.05, 0.1) is 0 Å². The molecule has 0 aliphatic heterocycles. The summed E-state index contributed by atoms with van der Waals surface area (Å²) in [5, 5.41) is 13.7. The molecule has 1 aliphatic rings. The van der Waals surface area contributed by atoms with E-state index in [1.54, 1.807) is 11.1 Å². The van der Waals surface area contributed by atoms with Gasteiger partial charge in [0.15, 0.2) is 5.82 Å². The summed E-state index contributed by atoms with van der Waals surface area (Å²) < 4.78 is 0. The molecule has 158 valence electrons. The lowest BCUT2D eigenvalue weighted by atomic mass is 9.87. The molecule has 2 amide bonds. The number of hydrogen-bond acceptors (Lipinski definition) is 6. The third kappa shape index (κ3) is 7.68. The van der Waals surface area contributed by atoms with E-state index < -0.39 is 0 Å². The summed E-state index contributed by atoms with van der Waals surface area (Å²) in [6, 6.07) is 3.66. The van der Waals surface area contributed by atoms with E-state index in [4.69, 9.17) is 5.26 Å². The van der Waals surface area contributed by atoms with Crippen molar-refractivity contribution >= 4 is 17.6 Å². The van der Waals surface area contributed by atoms with Crippen molar-refractivity contribution in [3.63, 3.8) is 0 Å². The van der Waals surface area contributed by atoms with Crippen molar-refractivity contribution in [3.05, 3.63) is 18.1 Å². The van der Waals surface area contributed by atoms with Gasteiger partial charge in [-0.3, -0.25) is 20.0 Å². The van der Waals surface area contributed by atoms with E-state index in [2.05, 4.69) is 34.6 Å². The van der Waals surface area contributed by atoms with Crippen molar-refractivity contribution in [2.45, 2.75) is 65.7 Å². The first-order valence-corrected chi connectivity index (χ1v) is 10.4. The largest absolute Gasteiger partial charge is 0.356 e. The minimum Gasteiger partial charge on any atom is -0.356 e. The highest BCUT2D eigenvalue weighted by molar-refractivity contribution is 5.80. The molecule has 2 N–H and O–H groups in total. The van der Waals surface area contributed by atoms with E-state index in [-0.39, 0.29) is 29.0 Å². The predicted octanol–water partition coefficient (Wildman–Crippen LogP) is 2.71. The van der Waals surface area contributed by atoms with Gasteiger partial charge in [0.25, 0.3) is 0 Å². The van der Waals surface area contributed by atoms with Crippen LogP contribution >= 0.6 is 0 Å². The molecule has 0 atom stereocenters. The number of nitrogens with zero attached hydrogens (tertiary/aromatic N) is 4. The zero-order valence-corrected chi connectivity index (χ0v) is 17.7. The van der Waals surface area contributed by atoms with Crippen molar-refractivity contribution in [2.75, 3.05) is 18.1 Å². The molecule has 29 heavy (non-hydrogen) atoms. The van der Waals surface area contributed by atoms with Gasteiger partial charge in [0, 0.05) is 38.2 Å². The summed E-state index contributed by atoms with van der Waals surface area (Å²) in [6.45, 7) is 6.90. The molecule has 1 heterocycles. The van der Waals surface area contributed by atoms with Crippen LogP contribution in [-0.2, 0) is 9.59 Å². The van der Waals surface area contributed by atoms with Gasteiger partial charge in [-0.25, -0.2) is 4.98 Å². The summed E-state index contributed by atoms with van der Waals surface area (Å²) in [6.07, 6.45) is 8.40. The normalized spacial score (nSPS) is 14.7. The average Bonchev–Trinajstić information content (AvgIpc) is 2.71. The molecule has 1 saturated carbocycles. The topological polar surface area (TPSA) is 111 Å². The number of carbonyl (C=O) groups excluding carboxylic acids is 2. The first kappa shape index (κ1) is 22.6. The van der Waals surface area contributed by atoms with Crippen LogP contribution in [0.15, 0.2) is 12.3 Å². The maximum absolute atomic E-state index is 12.8. The van der Waals surface area contributed by atoms with Gasteiger partial charge < -0.3 is 5.32 Å². The molecule has 1 fully saturated rings. The molecule has 1 aromatic rings. The lowest BCUT2D eigenvalue weighted by Crippen LogP contribution is -2.50. The molecule has 0 bridgehead atoms. The second-order valence-corrected chi connectivity index (χ2v) is 8.50. The Bertz CT molecular complexity index is 737. The van der Waals surface area contributed by atoms with Crippen LogP contribution in [-0.4, -0.2) is 34.9 Å². The minimum absolute atomic E-state index is 0.0101. The molecule has 0 aromatic carbocycles. The number of rotatable bonds is 9. The fraction of sp³-hybridized carbons (Fsp3) is 0.667. The number of nitrogens with one attached hydrogen (secondary N) is 2. The third-order valence-corrected chi connectivity index (χ3v) is 5.23. The van der Waals surface area contributed by atoms with E-state index in [0.29, 0.717) is 18.9 Å². The molecule has 2 rings (SSSR count). The van der Waals surface area contributed by atoms with Gasteiger partial charge in [0.1, 0.15) is 6.07 Å². The SMILES string of the molecule is CC(=O)NCCCC(C)(C)CN(NC(=O)C1CCCCC1)c1ccnc(C#N)n1. The number of amides is 2. The molecule has 8 nitrogen and oxygen atoms in total. The van der Waals surface area contributed by atoms with Gasteiger partial charge in [-0.2, -0.15) is 10.2 Å². The Morgan fingerprint density at radius 3 is 2.69 bits per heavy atom. The molecular formula is C21H32N6O2. The zero-order valence-electron chi connectivity index (χ0n) is 17.7. The first-order valence-electron chi connectivity index (χ1n) is 10.4. The van der Waals surface area contributed by atoms with Crippen LogP contribution in [0.4, 0.5) is 5.82 Å². The van der Waals surface area contributed by atoms with E-state index >= 15 is 0 Å². The molecular weight excluding hydrogens is 368 g/mol. The smallest absolute Gasteiger partial charge is 0.241 e. The first-order chi connectivity index (χ1) is 13.8. The maximum atomic E-state index is 12.8. The Morgan fingerprint density at radius 1 is 1.31 bits per heavy atom. The van der Waals surface area contributed by atoms with Crippen LogP contribution in [0.25, 0.3) is 0 Å². The third-order valence-electron chi connectivity index (χ3n) is 5.23. The van der Waals surface area contributed by atoms with Gasteiger partial charge in [-0.1, -0.05) is 33.1 Å². The summed E-state index contributed by atoms with van der Waals surface area (Å²) in [4.78, 5) is 32.1. The summed E-state index contributed by atoms with van der Waals surface area (Å²) in [5.41, 5.74) is 2.90. The zero-order chi connectivity index (χ0) is 21.3. The maximum Gasteiger partial charge on any atom is 0.241 e. The number of nitriles is 1. The van der Waals surface area contributed by atoms with E-state index in [9.17, 15) is 9.59 Å². The average molecular weight is 401 g/mol. The lowest BCUT2D eigenvalue weighted by Gasteiger charge is -2.35. The summed E-state index contributed by atoms with van der Waals surface area (Å²) in [5.74, 6) is 0.579. The fourth-order valence-electron chi connectivity index (χ4n) is 3.66. The number of aromatic nitrogens is 2. The number of hydrogen-bond donors (Lipinski definition) is 2. The fourth-order valence-corrected chi connectivity index (χ4v) is 3.66. The second-order valence-electron chi connectivity index (χ2n) is 8.50. The molecule has 0 unspecified atom stereocenters. The van der Waals surface area contributed by atoms with Crippen molar-refractivity contribution in [1.29, 1.82) is 5.26 Å². The van der Waals surface area contributed by atoms with E-state index in [0.717, 1.165) is 38.5 Å². The molecule has 1 aliphatic carbocycles. The minimum atomic E-state index is -0.143. The van der Waals surface area contributed by atoms with Crippen LogP contribution in [0.1, 0.15) is 71.5 Å². The molecule has 8 heteroatoms. The van der Waals surface area contributed by atoms with Gasteiger partial charge in [0.2, 0.25) is 17.6 Å². The van der Waals surface area contributed by atoms with Crippen LogP contribution in [0.2, 0.25) is 0 Å². The summed E-state index contributed by atoms with van der Waals surface area (Å²) in [7, 11) is 0. The molecule has 0 saturated heterocycles. The highest BCUT2D eigenvalue weighted by Crippen LogP contribution is 2.27. The molecule has 0 radical (unpaired) electrons. The van der Waals surface area contributed by atoms with E-state index in [1.165, 1.54) is 19.5 Å². The number of carbonyl (C=O) groups is 2. The predicted molar refractivity (Wildman–Crippen MR) is 111 cm³/mol. The monoisotopic (exact) mass is 400 g/mol. The molecule has 1 aromatic heterocycles. The molecule has 0 spiro atoms.